The number of aromatic nitrogens is 2. The van der Waals surface area contributed by atoms with Gasteiger partial charge in [0.05, 0.1) is 0 Å². The first-order valence-electron chi connectivity index (χ1n) is 7.32. The second-order valence-corrected chi connectivity index (χ2v) is 7.65. The first-order chi connectivity index (χ1) is 11.0. The molecule has 1 fully saturated rings. The van der Waals surface area contributed by atoms with E-state index in [1.165, 1.54) is 15.2 Å². The van der Waals surface area contributed by atoms with E-state index >= 15 is 0 Å². The van der Waals surface area contributed by atoms with Gasteiger partial charge in [0.25, 0.3) is 10.0 Å². The van der Waals surface area contributed by atoms with Gasteiger partial charge in [-0.15, -0.1) is 0 Å². The largest absolute Gasteiger partial charge is 0.296 e. The molecule has 3 rings (SSSR count). The molecule has 2 aromatic rings. The number of rotatable bonds is 4. The molecule has 0 atom stereocenters. The summed E-state index contributed by atoms with van der Waals surface area (Å²) in [5, 5.41) is 0.368. The van der Waals surface area contributed by atoms with E-state index in [2.05, 4.69) is 4.98 Å². The van der Waals surface area contributed by atoms with E-state index in [4.69, 9.17) is 11.6 Å². The lowest BCUT2D eigenvalue weighted by Gasteiger charge is -2.25. The normalized spacial score (nSPS) is 16.4. The molecule has 0 spiro atoms. The standard InChI is InChI=1S/C15H16ClN3O3S/c16-12-4-6-13(7-5-12)19-11-17-15(14(19)10-20)23(21,22)18-8-2-1-3-9-18/h4-7,10-11H,1-3,8-9H2. The van der Waals surface area contributed by atoms with Crippen molar-refractivity contribution >= 4 is 27.9 Å². The third-order valence-corrected chi connectivity index (χ3v) is 5.99. The molecule has 8 heteroatoms. The molecule has 0 unspecified atom stereocenters. The monoisotopic (exact) mass is 353 g/mol. The highest BCUT2D eigenvalue weighted by Gasteiger charge is 2.31. The molecule has 0 radical (unpaired) electrons. The number of carbonyl (C=O) groups is 1. The Balaban J connectivity index is 2.04. The number of nitrogens with zero attached hydrogens (tertiary/aromatic N) is 3. The van der Waals surface area contributed by atoms with Gasteiger partial charge >= 0.3 is 0 Å². The summed E-state index contributed by atoms with van der Waals surface area (Å²) in [6, 6.07) is 6.75. The maximum Gasteiger partial charge on any atom is 0.262 e. The van der Waals surface area contributed by atoms with Gasteiger partial charge in [0.2, 0.25) is 0 Å². The summed E-state index contributed by atoms with van der Waals surface area (Å²) in [5.74, 6) is 0. The third-order valence-electron chi connectivity index (χ3n) is 3.88. The minimum Gasteiger partial charge on any atom is -0.296 e. The van der Waals surface area contributed by atoms with Crippen molar-refractivity contribution in [1.82, 2.24) is 13.9 Å². The molecule has 23 heavy (non-hydrogen) atoms. The van der Waals surface area contributed by atoms with Crippen molar-refractivity contribution in [3.05, 3.63) is 41.3 Å². The van der Waals surface area contributed by atoms with E-state index in [1.807, 2.05) is 0 Å². The second-order valence-electron chi connectivity index (χ2n) is 5.36. The summed E-state index contributed by atoms with van der Waals surface area (Å²) < 4.78 is 28.3. The van der Waals surface area contributed by atoms with Crippen molar-refractivity contribution in [2.75, 3.05) is 13.1 Å². The molecule has 0 N–H and O–H groups in total. The van der Waals surface area contributed by atoms with Gasteiger partial charge in [-0.2, -0.15) is 4.31 Å². The van der Waals surface area contributed by atoms with Gasteiger partial charge in [-0.05, 0) is 37.1 Å². The molecule has 1 aromatic heterocycles. The summed E-state index contributed by atoms with van der Waals surface area (Å²) in [7, 11) is -3.76. The summed E-state index contributed by atoms with van der Waals surface area (Å²) in [4.78, 5) is 15.5. The Morgan fingerprint density at radius 1 is 1.09 bits per heavy atom. The van der Waals surface area contributed by atoms with Crippen LogP contribution < -0.4 is 0 Å². The van der Waals surface area contributed by atoms with Crippen LogP contribution in [0.4, 0.5) is 0 Å². The van der Waals surface area contributed by atoms with Gasteiger partial charge in [-0.1, -0.05) is 18.0 Å². The number of hydrogen-bond donors (Lipinski definition) is 0. The number of aldehydes is 1. The quantitative estimate of drug-likeness (QED) is 0.792. The van der Waals surface area contributed by atoms with Crippen LogP contribution in [-0.2, 0) is 10.0 Å². The molecular formula is C15H16ClN3O3S. The molecule has 1 aliphatic rings. The second kappa shape index (κ2) is 6.43. The van der Waals surface area contributed by atoms with E-state index < -0.39 is 10.0 Å². The van der Waals surface area contributed by atoms with Crippen LogP contribution in [0, 0.1) is 0 Å². The lowest BCUT2D eigenvalue weighted by molar-refractivity contribution is 0.111. The van der Waals surface area contributed by atoms with Crippen molar-refractivity contribution in [3.63, 3.8) is 0 Å². The molecule has 0 saturated carbocycles. The average molecular weight is 354 g/mol. The first kappa shape index (κ1) is 16.2. The smallest absolute Gasteiger partial charge is 0.262 e. The van der Waals surface area contributed by atoms with E-state index in [0.29, 0.717) is 30.1 Å². The highest BCUT2D eigenvalue weighted by Crippen LogP contribution is 2.24. The zero-order valence-electron chi connectivity index (χ0n) is 12.4. The Hall–Kier alpha value is -1.70. The van der Waals surface area contributed by atoms with Crippen LogP contribution in [0.3, 0.4) is 0 Å². The molecule has 0 bridgehead atoms. The summed E-state index contributed by atoms with van der Waals surface area (Å²) >= 11 is 5.86. The van der Waals surface area contributed by atoms with Crippen molar-refractivity contribution in [3.8, 4) is 5.69 Å². The van der Waals surface area contributed by atoms with Gasteiger partial charge in [-0.25, -0.2) is 13.4 Å². The molecule has 0 amide bonds. The number of carbonyl (C=O) groups excluding carboxylic acids is 1. The maximum atomic E-state index is 12.7. The number of hydrogen-bond acceptors (Lipinski definition) is 4. The maximum absolute atomic E-state index is 12.7. The molecule has 1 aromatic carbocycles. The number of sulfonamides is 1. The van der Waals surface area contributed by atoms with Crippen molar-refractivity contribution in [2.45, 2.75) is 24.3 Å². The average Bonchev–Trinajstić information content (AvgIpc) is 3.01. The summed E-state index contributed by atoms with van der Waals surface area (Å²) in [6.45, 7) is 0.933. The fourth-order valence-electron chi connectivity index (χ4n) is 2.68. The van der Waals surface area contributed by atoms with E-state index in [1.54, 1.807) is 24.3 Å². The van der Waals surface area contributed by atoms with Crippen LogP contribution in [0.5, 0.6) is 0 Å². The van der Waals surface area contributed by atoms with E-state index in [0.717, 1.165) is 19.3 Å². The fraction of sp³-hybridized carbons (Fsp3) is 0.333. The topological polar surface area (TPSA) is 72.3 Å². The zero-order chi connectivity index (χ0) is 16.4. The Kier molecular flexibility index (Phi) is 4.52. The highest BCUT2D eigenvalue weighted by atomic mass is 35.5. The predicted molar refractivity (Wildman–Crippen MR) is 86.6 cm³/mol. The Morgan fingerprint density at radius 3 is 2.35 bits per heavy atom. The lowest BCUT2D eigenvalue weighted by atomic mass is 10.2. The van der Waals surface area contributed by atoms with Crippen molar-refractivity contribution < 1.29 is 13.2 Å². The summed E-state index contributed by atoms with van der Waals surface area (Å²) in [6.07, 6.45) is 4.55. The van der Waals surface area contributed by atoms with Crippen molar-refractivity contribution in [2.24, 2.45) is 0 Å². The highest BCUT2D eigenvalue weighted by molar-refractivity contribution is 7.89. The Bertz CT molecular complexity index is 809. The molecule has 0 aliphatic carbocycles. The minimum absolute atomic E-state index is 0.0258. The minimum atomic E-state index is -3.76. The molecule has 2 heterocycles. The molecular weight excluding hydrogens is 338 g/mol. The first-order valence-corrected chi connectivity index (χ1v) is 9.14. The third kappa shape index (κ3) is 3.04. The van der Waals surface area contributed by atoms with Gasteiger partial charge < -0.3 is 0 Å². The molecule has 1 aliphatic heterocycles. The number of imidazole rings is 1. The number of halogens is 1. The van der Waals surface area contributed by atoms with Crippen LogP contribution in [0.1, 0.15) is 29.8 Å². The molecule has 6 nitrogen and oxygen atoms in total. The van der Waals surface area contributed by atoms with Gasteiger partial charge in [0, 0.05) is 23.8 Å². The number of piperidine rings is 1. The van der Waals surface area contributed by atoms with Crippen LogP contribution in [-0.4, -0.2) is 41.6 Å². The fourth-order valence-corrected chi connectivity index (χ4v) is 4.38. The van der Waals surface area contributed by atoms with Gasteiger partial charge in [-0.3, -0.25) is 9.36 Å². The molecule has 1 saturated heterocycles. The SMILES string of the molecule is O=Cc1c(S(=O)(=O)N2CCCCC2)ncn1-c1ccc(Cl)cc1. The molecule has 122 valence electrons. The van der Waals surface area contributed by atoms with Crippen LogP contribution >= 0.6 is 11.6 Å². The van der Waals surface area contributed by atoms with E-state index in [9.17, 15) is 13.2 Å². The lowest BCUT2D eigenvalue weighted by Crippen LogP contribution is -2.36. The Labute approximate surface area is 139 Å². The van der Waals surface area contributed by atoms with Crippen LogP contribution in [0.25, 0.3) is 5.69 Å². The van der Waals surface area contributed by atoms with E-state index in [-0.39, 0.29) is 10.7 Å². The van der Waals surface area contributed by atoms with Crippen LogP contribution in [0.2, 0.25) is 5.02 Å². The Morgan fingerprint density at radius 2 is 1.74 bits per heavy atom. The summed E-state index contributed by atoms with van der Waals surface area (Å²) in [5.41, 5.74) is 0.655. The van der Waals surface area contributed by atoms with Gasteiger partial charge in [0.1, 0.15) is 12.0 Å². The van der Waals surface area contributed by atoms with Crippen LogP contribution in [0.15, 0.2) is 35.6 Å². The van der Waals surface area contributed by atoms with Crippen molar-refractivity contribution in [1.29, 1.82) is 0 Å². The number of benzene rings is 1. The zero-order valence-corrected chi connectivity index (χ0v) is 13.9. The van der Waals surface area contributed by atoms with Gasteiger partial charge in [0.15, 0.2) is 11.3 Å². The predicted octanol–water partition coefficient (Wildman–Crippen LogP) is 2.51.